The molecule has 102 valence electrons. The summed E-state index contributed by atoms with van der Waals surface area (Å²) in [6, 6.07) is 0.366. The van der Waals surface area contributed by atoms with Gasteiger partial charge < -0.3 is 10.1 Å². The third-order valence-corrected chi connectivity index (χ3v) is 3.36. The van der Waals surface area contributed by atoms with Crippen molar-refractivity contribution in [2.45, 2.75) is 70.4 Å². The fourth-order valence-electron chi connectivity index (χ4n) is 2.37. The molecule has 1 aliphatic rings. The molecule has 0 bridgehead atoms. The second kappa shape index (κ2) is 7.27. The molecule has 0 unspecified atom stereocenters. The summed E-state index contributed by atoms with van der Waals surface area (Å²) in [5.41, 5.74) is -0.364. The molecule has 0 saturated heterocycles. The average molecular weight is 249 g/mol. The fraction of sp³-hybridized carbons (Fsp3) is 1.00. The Balaban J connectivity index is 2.53. The molecule has 1 aliphatic carbocycles. The van der Waals surface area contributed by atoms with E-state index in [0.717, 1.165) is 25.7 Å². The lowest BCUT2D eigenvalue weighted by molar-refractivity contribution is -0.0960. The molecule has 0 atom stereocenters. The molecule has 0 aromatic heterocycles. The first-order valence-corrected chi connectivity index (χ1v) is 6.70. The Morgan fingerprint density at radius 1 is 1.12 bits per heavy atom. The highest BCUT2D eigenvalue weighted by Gasteiger charge is 2.32. The van der Waals surface area contributed by atoms with Crippen molar-refractivity contribution in [3.8, 4) is 0 Å². The average Bonchev–Trinajstić information content (AvgIpc) is 2.50. The minimum atomic E-state index is -2.37. The predicted octanol–water partition coefficient (Wildman–Crippen LogP) is 3.36. The molecule has 0 aliphatic heterocycles. The third-order valence-electron chi connectivity index (χ3n) is 3.36. The zero-order valence-corrected chi connectivity index (χ0v) is 11.0. The predicted molar refractivity (Wildman–Crippen MR) is 65.5 cm³/mol. The molecule has 1 fully saturated rings. The van der Waals surface area contributed by atoms with Gasteiger partial charge in [0.25, 0.3) is 6.43 Å². The van der Waals surface area contributed by atoms with Gasteiger partial charge in [-0.15, -0.1) is 0 Å². The van der Waals surface area contributed by atoms with E-state index in [9.17, 15) is 8.78 Å². The van der Waals surface area contributed by atoms with Gasteiger partial charge in [-0.2, -0.15) is 0 Å². The summed E-state index contributed by atoms with van der Waals surface area (Å²) < 4.78 is 30.2. The highest BCUT2D eigenvalue weighted by molar-refractivity contribution is 4.86. The van der Waals surface area contributed by atoms with Crippen molar-refractivity contribution >= 4 is 0 Å². The van der Waals surface area contributed by atoms with Crippen molar-refractivity contribution in [2.24, 2.45) is 0 Å². The van der Waals surface area contributed by atoms with Crippen LogP contribution in [-0.2, 0) is 4.74 Å². The van der Waals surface area contributed by atoms with Crippen molar-refractivity contribution < 1.29 is 13.5 Å². The van der Waals surface area contributed by atoms with Gasteiger partial charge in [0.05, 0.1) is 5.60 Å². The van der Waals surface area contributed by atoms with E-state index in [1.807, 2.05) is 0 Å². The highest BCUT2D eigenvalue weighted by Crippen LogP contribution is 2.30. The SMILES string of the molecule is CC(C)NCC1(OCC(F)F)CCCCCC1. The van der Waals surface area contributed by atoms with Crippen LogP contribution in [0.4, 0.5) is 8.78 Å². The van der Waals surface area contributed by atoms with Gasteiger partial charge in [-0.1, -0.05) is 39.5 Å². The Hall–Kier alpha value is -0.220. The van der Waals surface area contributed by atoms with Gasteiger partial charge in [0.1, 0.15) is 6.61 Å². The largest absolute Gasteiger partial charge is 0.368 e. The summed E-state index contributed by atoms with van der Waals surface area (Å²) in [6.45, 7) is 4.40. The van der Waals surface area contributed by atoms with Crippen molar-refractivity contribution in [2.75, 3.05) is 13.2 Å². The van der Waals surface area contributed by atoms with Crippen molar-refractivity contribution in [1.82, 2.24) is 5.32 Å². The van der Waals surface area contributed by atoms with Crippen LogP contribution < -0.4 is 5.32 Å². The molecular weight excluding hydrogens is 224 g/mol. The molecule has 2 nitrogen and oxygen atoms in total. The molecule has 1 rings (SSSR count). The molecule has 1 N–H and O–H groups in total. The molecule has 1 saturated carbocycles. The van der Waals surface area contributed by atoms with E-state index in [1.165, 1.54) is 12.8 Å². The van der Waals surface area contributed by atoms with E-state index < -0.39 is 13.0 Å². The lowest BCUT2D eigenvalue weighted by Crippen LogP contribution is -2.45. The summed E-state index contributed by atoms with van der Waals surface area (Å²) >= 11 is 0. The molecule has 0 spiro atoms. The van der Waals surface area contributed by atoms with E-state index in [0.29, 0.717) is 12.6 Å². The fourth-order valence-corrected chi connectivity index (χ4v) is 2.37. The Kier molecular flexibility index (Phi) is 6.34. The molecule has 0 amide bonds. The zero-order valence-electron chi connectivity index (χ0n) is 11.0. The van der Waals surface area contributed by atoms with Crippen LogP contribution in [0.15, 0.2) is 0 Å². The van der Waals surface area contributed by atoms with Gasteiger partial charge in [0.2, 0.25) is 0 Å². The van der Waals surface area contributed by atoms with Crippen LogP contribution in [-0.4, -0.2) is 31.2 Å². The monoisotopic (exact) mass is 249 g/mol. The Morgan fingerprint density at radius 2 is 1.71 bits per heavy atom. The van der Waals surface area contributed by atoms with Crippen LogP contribution in [0.3, 0.4) is 0 Å². The summed E-state index contributed by atoms with van der Waals surface area (Å²) in [5, 5.41) is 3.34. The van der Waals surface area contributed by atoms with Crippen molar-refractivity contribution in [1.29, 1.82) is 0 Å². The molecule has 0 radical (unpaired) electrons. The summed E-state index contributed by atoms with van der Waals surface area (Å²) in [6.07, 6.45) is 4.00. The van der Waals surface area contributed by atoms with Crippen LogP contribution in [0, 0.1) is 0 Å². The van der Waals surface area contributed by atoms with Gasteiger partial charge in [0.15, 0.2) is 0 Å². The zero-order chi connectivity index (χ0) is 12.7. The molecule has 0 heterocycles. The number of hydrogen-bond donors (Lipinski definition) is 1. The standard InChI is InChI=1S/C13H25F2NO/c1-11(2)16-10-13(17-9-12(14)15)7-5-3-4-6-8-13/h11-12,16H,3-10H2,1-2H3. The number of rotatable bonds is 6. The molecule has 4 heteroatoms. The van der Waals surface area contributed by atoms with Crippen LogP contribution in [0.25, 0.3) is 0 Å². The summed E-state index contributed by atoms with van der Waals surface area (Å²) in [4.78, 5) is 0. The third kappa shape index (κ3) is 5.77. The number of nitrogens with one attached hydrogen (secondary N) is 1. The van der Waals surface area contributed by atoms with Crippen LogP contribution >= 0.6 is 0 Å². The molecule has 17 heavy (non-hydrogen) atoms. The minimum absolute atomic E-state index is 0.364. The van der Waals surface area contributed by atoms with E-state index in [1.54, 1.807) is 0 Å². The van der Waals surface area contributed by atoms with Gasteiger partial charge in [0, 0.05) is 12.6 Å². The van der Waals surface area contributed by atoms with Gasteiger partial charge in [-0.25, -0.2) is 8.78 Å². The van der Waals surface area contributed by atoms with Gasteiger partial charge in [-0.05, 0) is 12.8 Å². The molecular formula is C13H25F2NO. The van der Waals surface area contributed by atoms with Gasteiger partial charge in [-0.3, -0.25) is 0 Å². The van der Waals surface area contributed by atoms with E-state index >= 15 is 0 Å². The lowest BCUT2D eigenvalue weighted by atomic mass is 9.93. The second-order valence-corrected chi connectivity index (χ2v) is 5.33. The minimum Gasteiger partial charge on any atom is -0.368 e. The van der Waals surface area contributed by atoms with Crippen LogP contribution in [0.1, 0.15) is 52.4 Å². The lowest BCUT2D eigenvalue weighted by Gasteiger charge is -2.34. The molecule has 0 aromatic rings. The van der Waals surface area contributed by atoms with E-state index in [4.69, 9.17) is 4.74 Å². The van der Waals surface area contributed by atoms with E-state index in [-0.39, 0.29) is 5.60 Å². The number of hydrogen-bond acceptors (Lipinski definition) is 2. The Morgan fingerprint density at radius 3 is 2.18 bits per heavy atom. The first kappa shape index (κ1) is 14.8. The maximum absolute atomic E-state index is 12.3. The summed E-state index contributed by atoms with van der Waals surface area (Å²) in [5.74, 6) is 0. The Labute approximate surface area is 103 Å². The van der Waals surface area contributed by atoms with E-state index in [2.05, 4.69) is 19.2 Å². The first-order valence-electron chi connectivity index (χ1n) is 6.70. The van der Waals surface area contributed by atoms with Crippen LogP contribution in [0.5, 0.6) is 0 Å². The smallest absolute Gasteiger partial charge is 0.261 e. The maximum Gasteiger partial charge on any atom is 0.261 e. The van der Waals surface area contributed by atoms with Crippen LogP contribution in [0.2, 0.25) is 0 Å². The first-order chi connectivity index (χ1) is 8.04. The maximum atomic E-state index is 12.3. The molecule has 0 aromatic carbocycles. The highest BCUT2D eigenvalue weighted by atomic mass is 19.3. The summed E-state index contributed by atoms with van der Waals surface area (Å²) in [7, 11) is 0. The second-order valence-electron chi connectivity index (χ2n) is 5.33. The number of ether oxygens (including phenoxy) is 1. The quantitative estimate of drug-likeness (QED) is 0.729. The van der Waals surface area contributed by atoms with Crippen molar-refractivity contribution in [3.05, 3.63) is 0 Å². The number of halogens is 2. The van der Waals surface area contributed by atoms with Gasteiger partial charge >= 0.3 is 0 Å². The normalized spacial score (nSPS) is 20.8. The topological polar surface area (TPSA) is 21.3 Å². The van der Waals surface area contributed by atoms with Crippen molar-refractivity contribution in [3.63, 3.8) is 0 Å². The number of alkyl halides is 2. The Bertz CT molecular complexity index is 188.